The fourth-order valence-corrected chi connectivity index (χ4v) is 6.84. The van der Waals surface area contributed by atoms with Gasteiger partial charge in [0.1, 0.15) is 13.2 Å². The second-order valence-corrected chi connectivity index (χ2v) is 16.4. The molecule has 0 aromatic heterocycles. The van der Waals surface area contributed by atoms with E-state index in [4.69, 9.17) is 14.2 Å². The highest BCUT2D eigenvalue weighted by molar-refractivity contribution is 5.71. The van der Waals surface area contributed by atoms with Gasteiger partial charge < -0.3 is 14.2 Å². The Bertz CT molecular complexity index is 1030. The summed E-state index contributed by atoms with van der Waals surface area (Å²) >= 11 is 0. The lowest BCUT2D eigenvalue weighted by molar-refractivity contribution is -0.166. The van der Waals surface area contributed by atoms with E-state index in [-0.39, 0.29) is 37.5 Å². The van der Waals surface area contributed by atoms with Gasteiger partial charge in [-0.2, -0.15) is 0 Å². The molecule has 0 N–H and O–H groups in total. The van der Waals surface area contributed by atoms with Crippen molar-refractivity contribution < 1.29 is 28.6 Å². The maximum absolute atomic E-state index is 12.7. The molecule has 0 spiro atoms. The zero-order valence-corrected chi connectivity index (χ0v) is 38.3. The van der Waals surface area contributed by atoms with E-state index in [0.29, 0.717) is 19.3 Å². The first-order chi connectivity index (χ1) is 28.5. The van der Waals surface area contributed by atoms with Gasteiger partial charge in [-0.15, -0.1) is 0 Å². The van der Waals surface area contributed by atoms with Crippen LogP contribution < -0.4 is 0 Å². The van der Waals surface area contributed by atoms with Gasteiger partial charge in [0, 0.05) is 19.3 Å². The van der Waals surface area contributed by atoms with Crippen LogP contribution in [0.2, 0.25) is 0 Å². The molecule has 0 aromatic rings. The lowest BCUT2D eigenvalue weighted by atomic mass is 10.1. The van der Waals surface area contributed by atoms with Crippen LogP contribution in [-0.4, -0.2) is 37.2 Å². The van der Waals surface area contributed by atoms with Crippen molar-refractivity contribution in [1.82, 2.24) is 0 Å². The molecule has 0 radical (unpaired) electrons. The third-order valence-electron chi connectivity index (χ3n) is 10.6. The van der Waals surface area contributed by atoms with Crippen LogP contribution in [0.5, 0.6) is 0 Å². The second-order valence-electron chi connectivity index (χ2n) is 16.4. The summed E-state index contributed by atoms with van der Waals surface area (Å²) in [5, 5.41) is 0. The molecule has 336 valence electrons. The predicted molar refractivity (Wildman–Crippen MR) is 247 cm³/mol. The van der Waals surface area contributed by atoms with Gasteiger partial charge in [0.2, 0.25) is 0 Å². The van der Waals surface area contributed by atoms with E-state index in [1.807, 2.05) is 6.08 Å². The van der Waals surface area contributed by atoms with Crippen LogP contribution in [0.4, 0.5) is 0 Å². The molecule has 0 bridgehead atoms. The highest BCUT2D eigenvalue weighted by Crippen LogP contribution is 2.14. The quantitative estimate of drug-likeness (QED) is 0.0200. The Balaban J connectivity index is 4.46. The second kappa shape index (κ2) is 47.1. The number of unbranched alkanes of at least 4 members (excludes halogenated alkanes) is 26. The molecular weight excluding hydrogens is 721 g/mol. The fourth-order valence-electron chi connectivity index (χ4n) is 6.84. The minimum atomic E-state index is -0.810. The molecular formula is C52H92O6. The van der Waals surface area contributed by atoms with Gasteiger partial charge in [-0.1, -0.05) is 211 Å². The first-order valence-corrected chi connectivity index (χ1v) is 24.7. The summed E-state index contributed by atoms with van der Waals surface area (Å²) in [7, 11) is 0. The first kappa shape index (κ1) is 55.4. The summed E-state index contributed by atoms with van der Waals surface area (Å²) in [5.41, 5.74) is 0. The van der Waals surface area contributed by atoms with Crippen LogP contribution in [-0.2, 0) is 28.6 Å². The van der Waals surface area contributed by atoms with Crippen LogP contribution in [0.15, 0.2) is 48.6 Å². The highest BCUT2D eigenvalue weighted by Gasteiger charge is 2.19. The van der Waals surface area contributed by atoms with Crippen molar-refractivity contribution in [2.75, 3.05) is 13.2 Å². The largest absolute Gasteiger partial charge is 0.462 e. The topological polar surface area (TPSA) is 78.9 Å². The molecule has 0 fully saturated rings. The van der Waals surface area contributed by atoms with Gasteiger partial charge in [-0.05, 0) is 64.2 Å². The number of carbonyl (C=O) groups excluding carboxylic acids is 3. The van der Waals surface area contributed by atoms with Crippen molar-refractivity contribution in [2.24, 2.45) is 0 Å². The summed E-state index contributed by atoms with van der Waals surface area (Å²) in [6, 6.07) is 0. The van der Waals surface area contributed by atoms with E-state index < -0.39 is 6.10 Å². The monoisotopic (exact) mass is 813 g/mol. The summed E-state index contributed by atoms with van der Waals surface area (Å²) in [6.45, 7) is 6.54. The highest BCUT2D eigenvalue weighted by atomic mass is 16.6. The Morgan fingerprint density at radius 2 is 0.707 bits per heavy atom. The Labute approximate surface area is 358 Å². The van der Waals surface area contributed by atoms with Gasteiger partial charge in [0.05, 0.1) is 0 Å². The van der Waals surface area contributed by atoms with Crippen LogP contribution in [0.25, 0.3) is 0 Å². The Hall–Kier alpha value is -2.63. The van der Waals surface area contributed by atoms with E-state index in [1.165, 1.54) is 135 Å². The Kier molecular flexibility index (Phi) is 44.9. The SMILES string of the molecule is CCCCCCCC/C=C\C/C=C\CCC(=O)OC(COC(=O)CCCCC/C=C\C=C/CCCCCCCCC)COC(=O)CCCCCCCCCCCCC. The van der Waals surface area contributed by atoms with Crippen molar-refractivity contribution >= 4 is 17.9 Å². The average molecular weight is 813 g/mol. The first-order valence-electron chi connectivity index (χ1n) is 24.7. The van der Waals surface area contributed by atoms with E-state index >= 15 is 0 Å². The Morgan fingerprint density at radius 1 is 0.362 bits per heavy atom. The van der Waals surface area contributed by atoms with E-state index in [1.54, 1.807) is 0 Å². The number of rotatable bonds is 44. The molecule has 0 heterocycles. The molecule has 0 aromatic carbocycles. The molecule has 0 saturated carbocycles. The van der Waals surface area contributed by atoms with Gasteiger partial charge >= 0.3 is 17.9 Å². The van der Waals surface area contributed by atoms with E-state index in [0.717, 1.165) is 64.2 Å². The van der Waals surface area contributed by atoms with E-state index in [9.17, 15) is 14.4 Å². The van der Waals surface area contributed by atoms with Gasteiger partial charge in [0.25, 0.3) is 0 Å². The number of allylic oxidation sites excluding steroid dienone is 8. The maximum atomic E-state index is 12.7. The summed E-state index contributed by atoms with van der Waals surface area (Å²) in [6.07, 6.45) is 55.3. The maximum Gasteiger partial charge on any atom is 0.306 e. The molecule has 0 amide bonds. The van der Waals surface area contributed by atoms with Crippen LogP contribution in [0.1, 0.15) is 245 Å². The van der Waals surface area contributed by atoms with Crippen molar-refractivity contribution in [3.63, 3.8) is 0 Å². The van der Waals surface area contributed by atoms with Crippen LogP contribution in [0, 0.1) is 0 Å². The zero-order chi connectivity index (χ0) is 42.3. The molecule has 1 atom stereocenters. The lowest BCUT2D eigenvalue weighted by Crippen LogP contribution is -2.30. The minimum absolute atomic E-state index is 0.102. The van der Waals surface area contributed by atoms with Crippen molar-refractivity contribution in [3.8, 4) is 0 Å². The molecule has 0 rings (SSSR count). The summed E-state index contributed by atoms with van der Waals surface area (Å²) in [4.78, 5) is 37.8. The normalized spacial score (nSPS) is 12.4. The summed E-state index contributed by atoms with van der Waals surface area (Å²) < 4.78 is 16.7. The fraction of sp³-hybridized carbons (Fsp3) is 0.788. The molecule has 1 unspecified atom stereocenters. The zero-order valence-electron chi connectivity index (χ0n) is 38.3. The number of hydrogen-bond donors (Lipinski definition) is 0. The van der Waals surface area contributed by atoms with Gasteiger partial charge in [-0.3, -0.25) is 14.4 Å². The third kappa shape index (κ3) is 44.5. The Morgan fingerprint density at radius 3 is 1.14 bits per heavy atom. The van der Waals surface area contributed by atoms with Crippen LogP contribution >= 0.6 is 0 Å². The van der Waals surface area contributed by atoms with Crippen LogP contribution in [0.3, 0.4) is 0 Å². The molecule has 0 aliphatic heterocycles. The van der Waals surface area contributed by atoms with Crippen molar-refractivity contribution in [2.45, 2.75) is 252 Å². The van der Waals surface area contributed by atoms with Gasteiger partial charge in [0.15, 0.2) is 6.10 Å². The number of ether oxygens (including phenoxy) is 3. The average Bonchev–Trinajstić information content (AvgIpc) is 3.22. The predicted octanol–water partition coefficient (Wildman–Crippen LogP) is 15.9. The minimum Gasteiger partial charge on any atom is -0.462 e. The molecule has 0 aliphatic carbocycles. The molecule has 6 heteroatoms. The third-order valence-corrected chi connectivity index (χ3v) is 10.6. The number of hydrogen-bond acceptors (Lipinski definition) is 6. The number of carbonyl (C=O) groups is 3. The van der Waals surface area contributed by atoms with E-state index in [2.05, 4.69) is 63.3 Å². The van der Waals surface area contributed by atoms with Gasteiger partial charge in [-0.25, -0.2) is 0 Å². The standard InChI is InChI=1S/C52H92O6/c1-4-7-10-13-16-19-22-24-25-26-28-30-33-36-39-42-45-51(54)57-48-49(47-56-50(53)44-41-38-35-32-29-21-18-15-12-9-6-3)58-52(55)46-43-40-37-34-31-27-23-20-17-14-11-8-5-2/h25-28,30-31,37,40,49H,4-24,29,32-36,38-39,41-48H2,1-3H3/b26-25-,30-28-,31-27-,40-37-. The lowest BCUT2D eigenvalue weighted by Gasteiger charge is -2.18. The molecule has 6 nitrogen and oxygen atoms in total. The summed E-state index contributed by atoms with van der Waals surface area (Å²) in [5.74, 6) is -0.996. The molecule has 0 saturated heterocycles. The van der Waals surface area contributed by atoms with Crippen molar-refractivity contribution in [1.29, 1.82) is 0 Å². The smallest absolute Gasteiger partial charge is 0.306 e. The van der Waals surface area contributed by atoms with Crippen molar-refractivity contribution in [3.05, 3.63) is 48.6 Å². The number of esters is 3. The molecule has 58 heavy (non-hydrogen) atoms. The molecule has 0 aliphatic rings.